The van der Waals surface area contributed by atoms with E-state index in [1.165, 1.54) is 0 Å². The number of hydrogen-bond acceptors (Lipinski definition) is 4. The van der Waals surface area contributed by atoms with E-state index in [1.807, 2.05) is 27.7 Å². The molecule has 0 saturated carbocycles. The average molecular weight is 280 g/mol. The van der Waals surface area contributed by atoms with E-state index in [9.17, 15) is 8.42 Å². The zero-order valence-electron chi connectivity index (χ0n) is 12.5. The van der Waals surface area contributed by atoms with Crippen LogP contribution in [0.25, 0.3) is 0 Å². The van der Waals surface area contributed by atoms with Gasteiger partial charge >= 0.3 is 0 Å². The van der Waals surface area contributed by atoms with Crippen LogP contribution in [0.1, 0.15) is 54.4 Å². The second kappa shape index (κ2) is 8.12. The monoisotopic (exact) mass is 280 g/mol. The smallest absolute Gasteiger partial charge is 0.270 e. The van der Waals surface area contributed by atoms with Crippen LogP contribution in [0.4, 0.5) is 0 Å². The Morgan fingerprint density at radius 3 is 1.94 bits per heavy atom. The molecule has 2 unspecified atom stereocenters. The molecule has 18 heavy (non-hydrogen) atoms. The van der Waals surface area contributed by atoms with Crippen LogP contribution in [-0.4, -0.2) is 32.5 Å². The number of rotatable bonds is 9. The molecule has 0 rings (SSSR count). The summed E-state index contributed by atoms with van der Waals surface area (Å²) < 4.78 is 34.7. The van der Waals surface area contributed by atoms with Crippen molar-refractivity contribution in [2.45, 2.75) is 71.8 Å². The summed E-state index contributed by atoms with van der Waals surface area (Å²) in [6.45, 7) is 11.9. The topological polar surface area (TPSA) is 52.6 Å². The molecule has 0 radical (unpaired) electrons. The summed E-state index contributed by atoms with van der Waals surface area (Å²) in [6.07, 6.45) is 1.09. The Balaban J connectivity index is 4.57. The van der Waals surface area contributed by atoms with Crippen LogP contribution in [0.3, 0.4) is 0 Å². The van der Waals surface area contributed by atoms with Crippen molar-refractivity contribution in [2.75, 3.05) is 6.61 Å². The van der Waals surface area contributed by atoms with E-state index < -0.39 is 15.4 Å². The van der Waals surface area contributed by atoms with Gasteiger partial charge in [0.05, 0.1) is 17.5 Å². The maximum Gasteiger partial charge on any atom is 0.270 e. The van der Waals surface area contributed by atoms with Crippen LogP contribution in [0.5, 0.6) is 0 Å². The molecule has 0 aliphatic heterocycles. The molecule has 0 saturated heterocycles. The van der Waals surface area contributed by atoms with Gasteiger partial charge in [-0.3, -0.25) is 4.18 Å². The fourth-order valence-corrected chi connectivity index (χ4v) is 3.69. The van der Waals surface area contributed by atoms with Gasteiger partial charge in [-0.25, -0.2) is 0 Å². The molecule has 0 aliphatic carbocycles. The van der Waals surface area contributed by atoms with Crippen molar-refractivity contribution in [3.63, 3.8) is 0 Å². The molecule has 0 amide bonds. The highest BCUT2D eigenvalue weighted by Crippen LogP contribution is 2.22. The molecule has 0 aromatic rings. The fraction of sp³-hybridized carbons (Fsp3) is 1.00. The predicted octanol–water partition coefficient (Wildman–Crippen LogP) is 2.97. The van der Waals surface area contributed by atoms with Crippen LogP contribution in [0.15, 0.2) is 0 Å². The predicted molar refractivity (Wildman–Crippen MR) is 74.1 cm³/mol. The van der Waals surface area contributed by atoms with Gasteiger partial charge < -0.3 is 4.74 Å². The van der Waals surface area contributed by atoms with Crippen LogP contribution in [0, 0.1) is 5.92 Å². The van der Waals surface area contributed by atoms with Gasteiger partial charge in [-0.15, -0.1) is 0 Å². The molecular weight excluding hydrogens is 252 g/mol. The molecule has 0 spiro atoms. The van der Waals surface area contributed by atoms with Crippen LogP contribution in [0.2, 0.25) is 0 Å². The van der Waals surface area contributed by atoms with Gasteiger partial charge in [-0.05, 0) is 46.5 Å². The lowest BCUT2D eigenvalue weighted by molar-refractivity contribution is 0.0677. The molecule has 110 valence electrons. The highest BCUT2D eigenvalue weighted by atomic mass is 32.2. The van der Waals surface area contributed by atoms with Gasteiger partial charge in [0.25, 0.3) is 10.1 Å². The zero-order valence-corrected chi connectivity index (χ0v) is 13.3. The standard InChI is InChI=1S/C13H28O4S/c1-7-16-12(6)8-9-13(10(2)3)18(14,15)17-11(4)5/h10-13H,7-9H2,1-6H3. The summed E-state index contributed by atoms with van der Waals surface area (Å²) in [6, 6.07) is 0. The molecule has 0 aliphatic rings. The van der Waals surface area contributed by atoms with Crippen molar-refractivity contribution in [2.24, 2.45) is 5.92 Å². The van der Waals surface area contributed by atoms with Gasteiger partial charge in [-0.2, -0.15) is 8.42 Å². The number of hydrogen-bond donors (Lipinski definition) is 0. The molecular formula is C13H28O4S. The van der Waals surface area contributed by atoms with Gasteiger partial charge in [0.1, 0.15) is 0 Å². The molecule has 5 heteroatoms. The largest absolute Gasteiger partial charge is 0.379 e. The van der Waals surface area contributed by atoms with E-state index in [4.69, 9.17) is 8.92 Å². The van der Waals surface area contributed by atoms with Crippen LogP contribution >= 0.6 is 0 Å². The van der Waals surface area contributed by atoms with E-state index in [-0.39, 0.29) is 18.1 Å². The van der Waals surface area contributed by atoms with E-state index >= 15 is 0 Å². The molecule has 0 bridgehead atoms. The van der Waals surface area contributed by atoms with Crippen molar-refractivity contribution >= 4 is 10.1 Å². The molecule has 0 N–H and O–H groups in total. The second-order valence-corrected chi connectivity index (χ2v) is 7.05. The van der Waals surface area contributed by atoms with E-state index in [2.05, 4.69) is 0 Å². The van der Waals surface area contributed by atoms with Gasteiger partial charge in [0.2, 0.25) is 0 Å². The minimum absolute atomic E-state index is 0.0441. The summed E-state index contributed by atoms with van der Waals surface area (Å²) in [5.41, 5.74) is 0. The van der Waals surface area contributed by atoms with Gasteiger partial charge in [-0.1, -0.05) is 13.8 Å². The Morgan fingerprint density at radius 2 is 1.56 bits per heavy atom. The summed E-state index contributed by atoms with van der Waals surface area (Å²) in [5.74, 6) is 0.0441. The maximum atomic E-state index is 12.1. The van der Waals surface area contributed by atoms with Crippen molar-refractivity contribution in [3.05, 3.63) is 0 Å². The molecule has 2 atom stereocenters. The Labute approximate surface area is 112 Å². The van der Waals surface area contributed by atoms with Crippen LogP contribution < -0.4 is 0 Å². The third-order valence-corrected chi connectivity index (χ3v) is 4.92. The third kappa shape index (κ3) is 6.71. The van der Waals surface area contributed by atoms with Crippen molar-refractivity contribution in [1.82, 2.24) is 0 Å². The molecule has 0 aromatic carbocycles. The first-order valence-corrected chi connectivity index (χ1v) is 8.21. The maximum absolute atomic E-state index is 12.1. The second-order valence-electron chi connectivity index (χ2n) is 5.26. The third-order valence-electron chi connectivity index (χ3n) is 2.75. The molecule has 0 fully saturated rings. The SMILES string of the molecule is CCOC(C)CCC(C(C)C)S(=O)(=O)OC(C)C. The minimum atomic E-state index is -3.49. The molecule has 4 nitrogen and oxygen atoms in total. The normalized spacial score (nSPS) is 16.2. The Hall–Kier alpha value is -0.130. The average Bonchev–Trinajstić information content (AvgIpc) is 2.14. The van der Waals surface area contributed by atoms with Crippen molar-refractivity contribution in [3.8, 4) is 0 Å². The lowest BCUT2D eigenvalue weighted by Crippen LogP contribution is -2.31. The van der Waals surface area contributed by atoms with Crippen LogP contribution in [-0.2, 0) is 19.0 Å². The summed E-state index contributed by atoms with van der Waals surface area (Å²) in [7, 11) is -3.49. The first kappa shape index (κ1) is 17.9. The van der Waals surface area contributed by atoms with Crippen molar-refractivity contribution in [1.29, 1.82) is 0 Å². The lowest BCUT2D eigenvalue weighted by Gasteiger charge is -2.23. The Bertz CT molecular complexity index is 309. The van der Waals surface area contributed by atoms with E-state index in [0.29, 0.717) is 13.0 Å². The fourth-order valence-electron chi connectivity index (χ4n) is 1.92. The van der Waals surface area contributed by atoms with E-state index in [1.54, 1.807) is 13.8 Å². The van der Waals surface area contributed by atoms with Gasteiger partial charge in [0.15, 0.2) is 0 Å². The molecule has 0 aromatic heterocycles. The highest BCUT2D eigenvalue weighted by Gasteiger charge is 2.30. The Morgan fingerprint density at radius 1 is 1.00 bits per heavy atom. The quantitative estimate of drug-likeness (QED) is 0.609. The minimum Gasteiger partial charge on any atom is -0.379 e. The first-order valence-electron chi connectivity index (χ1n) is 6.74. The molecule has 0 heterocycles. The van der Waals surface area contributed by atoms with E-state index in [0.717, 1.165) is 6.42 Å². The van der Waals surface area contributed by atoms with Crippen molar-refractivity contribution < 1.29 is 17.3 Å². The van der Waals surface area contributed by atoms with Gasteiger partial charge in [0, 0.05) is 6.61 Å². The summed E-state index contributed by atoms with van der Waals surface area (Å²) >= 11 is 0. The summed E-state index contributed by atoms with van der Waals surface area (Å²) in [5, 5.41) is -0.456. The lowest BCUT2D eigenvalue weighted by atomic mass is 10.0. The number of ether oxygens (including phenoxy) is 1. The highest BCUT2D eigenvalue weighted by molar-refractivity contribution is 7.87. The zero-order chi connectivity index (χ0) is 14.3. The first-order chi connectivity index (χ1) is 8.20. The Kier molecular flexibility index (Phi) is 8.06. The summed E-state index contributed by atoms with van der Waals surface area (Å²) in [4.78, 5) is 0.